The first-order valence-electron chi connectivity index (χ1n) is 8.28. The molecule has 1 aliphatic rings. The predicted octanol–water partition coefficient (Wildman–Crippen LogP) is 2.99. The van der Waals surface area contributed by atoms with Crippen LogP contribution in [-0.2, 0) is 16.0 Å². The fourth-order valence-corrected chi connectivity index (χ4v) is 3.14. The zero-order chi connectivity index (χ0) is 16.8. The second-order valence-corrected chi connectivity index (χ2v) is 6.67. The SMILES string of the molecule is CCCCN(C)C(=O)C1CC(=O)N(CCc2cccc(Cl)c2)C1. The minimum Gasteiger partial charge on any atom is -0.345 e. The van der Waals surface area contributed by atoms with Gasteiger partial charge in [-0.3, -0.25) is 9.59 Å². The van der Waals surface area contributed by atoms with E-state index >= 15 is 0 Å². The van der Waals surface area contributed by atoms with E-state index in [1.807, 2.05) is 31.3 Å². The third-order valence-corrected chi connectivity index (χ3v) is 4.58. The number of rotatable bonds is 7. The van der Waals surface area contributed by atoms with Crippen LogP contribution in [0.3, 0.4) is 0 Å². The average Bonchev–Trinajstić information content (AvgIpc) is 2.91. The Bertz CT molecular complexity index is 562. The summed E-state index contributed by atoms with van der Waals surface area (Å²) in [6, 6.07) is 7.68. The Morgan fingerprint density at radius 2 is 2.22 bits per heavy atom. The van der Waals surface area contributed by atoms with Gasteiger partial charge in [0.1, 0.15) is 0 Å². The summed E-state index contributed by atoms with van der Waals surface area (Å²) in [7, 11) is 1.83. The molecular formula is C18H25ClN2O2. The van der Waals surface area contributed by atoms with Crippen LogP contribution in [0.4, 0.5) is 0 Å². The van der Waals surface area contributed by atoms with Gasteiger partial charge >= 0.3 is 0 Å². The van der Waals surface area contributed by atoms with Crippen molar-refractivity contribution in [3.8, 4) is 0 Å². The van der Waals surface area contributed by atoms with Gasteiger partial charge in [0, 0.05) is 38.1 Å². The summed E-state index contributed by atoms with van der Waals surface area (Å²) in [5.74, 6) is -0.0185. The Balaban J connectivity index is 1.86. The molecule has 0 bridgehead atoms. The second-order valence-electron chi connectivity index (χ2n) is 6.23. The number of halogens is 1. The van der Waals surface area contributed by atoms with Crippen LogP contribution in [-0.4, -0.2) is 48.3 Å². The largest absolute Gasteiger partial charge is 0.345 e. The second kappa shape index (κ2) is 8.34. The summed E-state index contributed by atoms with van der Waals surface area (Å²) in [5.41, 5.74) is 1.11. The highest BCUT2D eigenvalue weighted by atomic mass is 35.5. The minimum atomic E-state index is -0.191. The van der Waals surface area contributed by atoms with Crippen molar-refractivity contribution < 1.29 is 9.59 Å². The number of hydrogen-bond donors (Lipinski definition) is 0. The lowest BCUT2D eigenvalue weighted by atomic mass is 10.1. The minimum absolute atomic E-state index is 0.0780. The van der Waals surface area contributed by atoms with Gasteiger partial charge in [-0.05, 0) is 30.5 Å². The summed E-state index contributed by atoms with van der Waals surface area (Å²) in [4.78, 5) is 28.1. The molecule has 0 spiro atoms. The molecule has 4 nitrogen and oxygen atoms in total. The normalized spacial score (nSPS) is 17.6. The lowest BCUT2D eigenvalue weighted by Gasteiger charge is -2.21. The molecule has 0 radical (unpaired) electrons. The van der Waals surface area contributed by atoms with Crippen molar-refractivity contribution in [1.29, 1.82) is 0 Å². The zero-order valence-electron chi connectivity index (χ0n) is 13.9. The highest BCUT2D eigenvalue weighted by Crippen LogP contribution is 2.21. The Morgan fingerprint density at radius 1 is 1.43 bits per heavy atom. The van der Waals surface area contributed by atoms with Crippen molar-refractivity contribution >= 4 is 23.4 Å². The number of nitrogens with zero attached hydrogens (tertiary/aromatic N) is 2. The summed E-state index contributed by atoms with van der Waals surface area (Å²) in [6.45, 7) is 4.05. The van der Waals surface area contributed by atoms with Crippen molar-refractivity contribution in [3.05, 3.63) is 34.9 Å². The first-order chi connectivity index (χ1) is 11.0. The number of hydrogen-bond acceptors (Lipinski definition) is 2. The van der Waals surface area contributed by atoms with Gasteiger partial charge in [0.15, 0.2) is 0 Å². The quantitative estimate of drug-likeness (QED) is 0.768. The number of likely N-dealkylation sites (tertiary alicyclic amines) is 1. The summed E-state index contributed by atoms with van der Waals surface area (Å²) in [5, 5.41) is 0.709. The van der Waals surface area contributed by atoms with E-state index in [0.29, 0.717) is 24.5 Å². The van der Waals surface area contributed by atoms with Crippen LogP contribution in [0.5, 0.6) is 0 Å². The Morgan fingerprint density at radius 3 is 2.91 bits per heavy atom. The highest BCUT2D eigenvalue weighted by Gasteiger charge is 2.35. The van der Waals surface area contributed by atoms with Crippen LogP contribution in [0.1, 0.15) is 31.7 Å². The van der Waals surface area contributed by atoms with E-state index in [1.54, 1.807) is 9.80 Å². The molecule has 126 valence electrons. The molecule has 1 fully saturated rings. The molecule has 0 aliphatic carbocycles. The van der Waals surface area contributed by atoms with E-state index < -0.39 is 0 Å². The monoisotopic (exact) mass is 336 g/mol. The van der Waals surface area contributed by atoms with E-state index in [-0.39, 0.29) is 17.7 Å². The van der Waals surface area contributed by atoms with Gasteiger partial charge in [-0.25, -0.2) is 0 Å². The van der Waals surface area contributed by atoms with Gasteiger partial charge in [-0.1, -0.05) is 37.1 Å². The third kappa shape index (κ3) is 4.96. The molecule has 1 aromatic carbocycles. The maximum Gasteiger partial charge on any atom is 0.227 e. The maximum absolute atomic E-state index is 12.4. The molecule has 0 aromatic heterocycles. The van der Waals surface area contributed by atoms with Gasteiger partial charge in [0.05, 0.1) is 5.92 Å². The van der Waals surface area contributed by atoms with Crippen LogP contribution in [0, 0.1) is 5.92 Å². The van der Waals surface area contributed by atoms with Gasteiger partial charge in [0.2, 0.25) is 11.8 Å². The van der Waals surface area contributed by atoms with Gasteiger partial charge in [0.25, 0.3) is 0 Å². The van der Waals surface area contributed by atoms with Crippen molar-refractivity contribution in [2.75, 3.05) is 26.7 Å². The van der Waals surface area contributed by atoms with Crippen LogP contribution in [0.2, 0.25) is 5.02 Å². The summed E-state index contributed by atoms with van der Waals surface area (Å²) >= 11 is 5.98. The molecular weight excluding hydrogens is 312 g/mol. The van der Waals surface area contributed by atoms with E-state index in [0.717, 1.165) is 31.4 Å². The van der Waals surface area contributed by atoms with E-state index in [2.05, 4.69) is 6.92 Å². The van der Waals surface area contributed by atoms with Gasteiger partial charge in [-0.2, -0.15) is 0 Å². The molecule has 23 heavy (non-hydrogen) atoms. The Hall–Kier alpha value is -1.55. The number of carbonyl (C=O) groups excluding carboxylic acids is 2. The number of unbranched alkanes of at least 4 members (excludes halogenated alkanes) is 1. The molecule has 2 amide bonds. The van der Waals surface area contributed by atoms with Crippen LogP contribution < -0.4 is 0 Å². The van der Waals surface area contributed by atoms with E-state index in [1.165, 1.54) is 0 Å². The highest BCUT2D eigenvalue weighted by molar-refractivity contribution is 6.30. The standard InChI is InChI=1S/C18H25ClN2O2/c1-3-4-9-20(2)18(23)15-12-17(22)21(13-15)10-8-14-6-5-7-16(19)11-14/h5-7,11,15H,3-4,8-10,12-13H2,1-2H3. The van der Waals surface area contributed by atoms with Crippen molar-refractivity contribution in [1.82, 2.24) is 9.80 Å². The van der Waals surface area contributed by atoms with Crippen LogP contribution in [0.15, 0.2) is 24.3 Å². The molecule has 1 heterocycles. The first kappa shape index (κ1) is 17.8. The van der Waals surface area contributed by atoms with Crippen molar-refractivity contribution in [2.24, 2.45) is 5.92 Å². The van der Waals surface area contributed by atoms with Gasteiger partial charge in [-0.15, -0.1) is 0 Å². The number of carbonyl (C=O) groups is 2. The van der Waals surface area contributed by atoms with Crippen LogP contribution >= 0.6 is 11.6 Å². The number of amides is 2. The third-order valence-electron chi connectivity index (χ3n) is 4.35. The van der Waals surface area contributed by atoms with E-state index in [4.69, 9.17) is 11.6 Å². The molecule has 2 rings (SSSR count). The Kier molecular flexibility index (Phi) is 6.46. The lowest BCUT2D eigenvalue weighted by Crippen LogP contribution is -2.35. The average molecular weight is 337 g/mol. The molecule has 1 unspecified atom stereocenters. The molecule has 1 aromatic rings. The molecule has 1 atom stereocenters. The molecule has 5 heteroatoms. The fourth-order valence-electron chi connectivity index (χ4n) is 2.93. The maximum atomic E-state index is 12.4. The van der Waals surface area contributed by atoms with Crippen molar-refractivity contribution in [2.45, 2.75) is 32.6 Å². The molecule has 1 saturated heterocycles. The van der Waals surface area contributed by atoms with Crippen LogP contribution in [0.25, 0.3) is 0 Å². The fraction of sp³-hybridized carbons (Fsp3) is 0.556. The Labute approximate surface area is 143 Å². The number of benzene rings is 1. The van der Waals surface area contributed by atoms with E-state index in [9.17, 15) is 9.59 Å². The summed E-state index contributed by atoms with van der Waals surface area (Å²) in [6.07, 6.45) is 3.16. The first-order valence-corrected chi connectivity index (χ1v) is 8.66. The summed E-state index contributed by atoms with van der Waals surface area (Å²) < 4.78 is 0. The molecule has 0 N–H and O–H groups in total. The van der Waals surface area contributed by atoms with Crippen molar-refractivity contribution in [3.63, 3.8) is 0 Å². The zero-order valence-corrected chi connectivity index (χ0v) is 14.7. The predicted molar refractivity (Wildman–Crippen MR) is 92.4 cm³/mol. The lowest BCUT2D eigenvalue weighted by molar-refractivity contribution is -0.134. The smallest absolute Gasteiger partial charge is 0.227 e. The molecule has 0 saturated carbocycles. The topological polar surface area (TPSA) is 40.6 Å². The van der Waals surface area contributed by atoms with Gasteiger partial charge < -0.3 is 9.80 Å². The molecule has 1 aliphatic heterocycles.